The predicted octanol–water partition coefficient (Wildman–Crippen LogP) is 1.77. The minimum Gasteiger partial charge on any atom is -0.397 e. The molecule has 0 atom stereocenters. The number of hydrogen-bond donors (Lipinski definition) is 2. The summed E-state index contributed by atoms with van der Waals surface area (Å²) in [7, 11) is 0. The molecule has 78 valence electrons. The van der Waals surface area contributed by atoms with Crippen molar-refractivity contribution in [1.82, 2.24) is 9.97 Å². The third-order valence-electron chi connectivity index (χ3n) is 1.96. The van der Waals surface area contributed by atoms with Crippen LogP contribution in [0.15, 0.2) is 29.2 Å². The molecule has 0 aliphatic rings. The van der Waals surface area contributed by atoms with Gasteiger partial charge in [0.2, 0.25) is 0 Å². The van der Waals surface area contributed by atoms with Crippen LogP contribution in [-0.4, -0.2) is 16.5 Å². The molecule has 0 aliphatic heterocycles. The smallest absolute Gasteiger partial charge is 0.126 e. The van der Waals surface area contributed by atoms with Crippen molar-refractivity contribution in [1.29, 1.82) is 0 Å². The minimum atomic E-state index is 0.681. The largest absolute Gasteiger partial charge is 0.397 e. The summed E-state index contributed by atoms with van der Waals surface area (Å²) in [5, 5.41) is 5.26. The number of nitrogens with one attached hydrogen (secondary N) is 1. The molecule has 0 unspecified atom stereocenters. The van der Waals surface area contributed by atoms with E-state index in [1.54, 1.807) is 17.5 Å². The van der Waals surface area contributed by atoms with E-state index in [9.17, 15) is 0 Å². The Hall–Kier alpha value is -1.62. The molecule has 3 N–H and O–H groups in total. The molecule has 2 aromatic rings. The van der Waals surface area contributed by atoms with Crippen LogP contribution in [0.25, 0.3) is 0 Å². The van der Waals surface area contributed by atoms with Gasteiger partial charge in [-0.3, -0.25) is 0 Å². The lowest BCUT2D eigenvalue weighted by Gasteiger charge is -2.03. The lowest BCUT2D eigenvalue weighted by molar-refractivity contribution is 0.968. The molecular weight excluding hydrogens is 208 g/mol. The molecule has 0 saturated heterocycles. The summed E-state index contributed by atoms with van der Waals surface area (Å²) in [5.74, 6) is 0.847. The van der Waals surface area contributed by atoms with Crippen molar-refractivity contribution in [2.45, 2.75) is 6.42 Å². The fourth-order valence-electron chi connectivity index (χ4n) is 1.19. The maximum absolute atomic E-state index is 5.53. The number of anilines is 2. The number of hydrogen-bond acceptors (Lipinski definition) is 5. The Balaban J connectivity index is 1.81. The molecule has 0 radical (unpaired) electrons. The van der Waals surface area contributed by atoms with Gasteiger partial charge in [-0.05, 0) is 12.1 Å². The van der Waals surface area contributed by atoms with Crippen molar-refractivity contribution in [3.05, 3.63) is 34.9 Å². The molecule has 15 heavy (non-hydrogen) atoms. The molecule has 0 fully saturated rings. The number of thiazole rings is 1. The Morgan fingerprint density at radius 3 is 2.93 bits per heavy atom. The summed E-state index contributed by atoms with van der Waals surface area (Å²) < 4.78 is 0. The Morgan fingerprint density at radius 1 is 1.33 bits per heavy atom. The average Bonchev–Trinajstić information content (AvgIpc) is 2.74. The highest BCUT2D eigenvalue weighted by Gasteiger charge is 1.96. The van der Waals surface area contributed by atoms with E-state index in [0.717, 1.165) is 24.5 Å². The molecule has 2 rings (SSSR count). The molecule has 0 spiro atoms. The Bertz CT molecular complexity index is 396. The number of aromatic nitrogens is 2. The second-order valence-electron chi connectivity index (χ2n) is 3.13. The van der Waals surface area contributed by atoms with Gasteiger partial charge in [0.1, 0.15) is 5.82 Å². The van der Waals surface area contributed by atoms with E-state index in [-0.39, 0.29) is 0 Å². The van der Waals surface area contributed by atoms with Gasteiger partial charge in [0, 0.05) is 18.3 Å². The minimum absolute atomic E-state index is 0.681. The maximum atomic E-state index is 5.53. The molecule has 0 aliphatic carbocycles. The third-order valence-corrected chi connectivity index (χ3v) is 2.59. The summed E-state index contributed by atoms with van der Waals surface area (Å²) in [6.45, 7) is 0.834. The first-order chi connectivity index (χ1) is 7.34. The number of nitrogen functional groups attached to an aromatic ring is 1. The summed E-state index contributed by atoms with van der Waals surface area (Å²) in [6.07, 6.45) is 2.56. The number of pyridine rings is 1. The number of nitrogens with two attached hydrogens (primary N) is 1. The van der Waals surface area contributed by atoms with Gasteiger partial charge in [-0.1, -0.05) is 0 Å². The number of rotatable bonds is 4. The van der Waals surface area contributed by atoms with Crippen LogP contribution in [0.3, 0.4) is 0 Å². The summed E-state index contributed by atoms with van der Waals surface area (Å²) in [5.41, 5.74) is 9.17. The quantitative estimate of drug-likeness (QED) is 0.824. The normalized spacial score (nSPS) is 10.1. The number of nitrogens with zero attached hydrogens (tertiary/aromatic N) is 2. The zero-order valence-corrected chi connectivity index (χ0v) is 9.00. The Labute approximate surface area is 92.2 Å². The first-order valence-electron chi connectivity index (χ1n) is 4.67. The molecule has 2 heterocycles. The van der Waals surface area contributed by atoms with Gasteiger partial charge in [-0.2, -0.15) is 0 Å². The van der Waals surface area contributed by atoms with E-state index in [2.05, 4.69) is 20.7 Å². The van der Waals surface area contributed by atoms with Crippen molar-refractivity contribution in [2.24, 2.45) is 0 Å². The average molecular weight is 220 g/mol. The summed E-state index contributed by atoms with van der Waals surface area (Å²) in [6, 6.07) is 3.70. The monoisotopic (exact) mass is 220 g/mol. The van der Waals surface area contributed by atoms with Crippen molar-refractivity contribution in [3.63, 3.8) is 0 Å². The van der Waals surface area contributed by atoms with E-state index < -0.39 is 0 Å². The van der Waals surface area contributed by atoms with Gasteiger partial charge in [0.25, 0.3) is 0 Å². The van der Waals surface area contributed by atoms with Gasteiger partial charge in [-0.15, -0.1) is 11.3 Å². The van der Waals surface area contributed by atoms with Crippen LogP contribution in [0.1, 0.15) is 5.69 Å². The lowest BCUT2D eigenvalue weighted by atomic mass is 10.3. The molecule has 0 amide bonds. The zero-order valence-electron chi connectivity index (χ0n) is 8.18. The second-order valence-corrected chi connectivity index (χ2v) is 3.85. The van der Waals surface area contributed by atoms with E-state index in [1.807, 2.05) is 17.6 Å². The van der Waals surface area contributed by atoms with Crippen LogP contribution in [0.4, 0.5) is 11.5 Å². The zero-order chi connectivity index (χ0) is 10.5. The fourth-order valence-corrected chi connectivity index (χ4v) is 1.78. The molecule has 0 saturated carbocycles. The van der Waals surface area contributed by atoms with Crippen LogP contribution in [-0.2, 0) is 6.42 Å². The van der Waals surface area contributed by atoms with Crippen LogP contribution in [0.2, 0.25) is 0 Å². The predicted molar refractivity (Wildman–Crippen MR) is 63.0 cm³/mol. The van der Waals surface area contributed by atoms with E-state index in [0.29, 0.717) is 5.69 Å². The Morgan fingerprint density at radius 2 is 2.27 bits per heavy atom. The Kier molecular flexibility index (Phi) is 3.14. The molecule has 0 aromatic carbocycles. The fraction of sp³-hybridized carbons (Fsp3) is 0.200. The first-order valence-corrected chi connectivity index (χ1v) is 5.61. The highest BCUT2D eigenvalue weighted by atomic mass is 32.1. The van der Waals surface area contributed by atoms with Gasteiger partial charge >= 0.3 is 0 Å². The standard InChI is InChI=1S/C10H12N4S/c11-8-1-2-10(13-5-8)12-4-3-9-6-15-7-14-9/h1-2,5-7H,3-4,11H2,(H,12,13). The van der Waals surface area contributed by atoms with Crippen LogP contribution < -0.4 is 11.1 Å². The van der Waals surface area contributed by atoms with Gasteiger partial charge < -0.3 is 11.1 Å². The van der Waals surface area contributed by atoms with Gasteiger partial charge in [0.15, 0.2) is 0 Å². The van der Waals surface area contributed by atoms with E-state index >= 15 is 0 Å². The molecule has 2 aromatic heterocycles. The summed E-state index contributed by atoms with van der Waals surface area (Å²) >= 11 is 1.62. The summed E-state index contributed by atoms with van der Waals surface area (Å²) in [4.78, 5) is 8.34. The van der Waals surface area contributed by atoms with E-state index in [1.165, 1.54) is 0 Å². The van der Waals surface area contributed by atoms with Crippen molar-refractivity contribution in [2.75, 3.05) is 17.6 Å². The third kappa shape index (κ3) is 2.92. The van der Waals surface area contributed by atoms with Crippen LogP contribution in [0, 0.1) is 0 Å². The van der Waals surface area contributed by atoms with Crippen LogP contribution >= 0.6 is 11.3 Å². The van der Waals surface area contributed by atoms with Gasteiger partial charge in [-0.25, -0.2) is 9.97 Å². The topological polar surface area (TPSA) is 63.8 Å². The molecule has 5 heteroatoms. The maximum Gasteiger partial charge on any atom is 0.126 e. The van der Waals surface area contributed by atoms with Crippen molar-refractivity contribution >= 4 is 22.8 Å². The molecule has 4 nitrogen and oxygen atoms in total. The van der Waals surface area contributed by atoms with Crippen molar-refractivity contribution < 1.29 is 0 Å². The van der Waals surface area contributed by atoms with Crippen molar-refractivity contribution in [3.8, 4) is 0 Å². The molecular formula is C10H12N4S. The van der Waals surface area contributed by atoms with E-state index in [4.69, 9.17) is 5.73 Å². The first kappa shape index (κ1) is 9.92. The SMILES string of the molecule is Nc1ccc(NCCc2cscn2)nc1. The molecule has 0 bridgehead atoms. The van der Waals surface area contributed by atoms with Crippen LogP contribution in [0.5, 0.6) is 0 Å². The highest BCUT2D eigenvalue weighted by molar-refractivity contribution is 7.07. The van der Waals surface area contributed by atoms with Gasteiger partial charge in [0.05, 0.1) is 23.1 Å². The highest BCUT2D eigenvalue weighted by Crippen LogP contribution is 2.06. The second kappa shape index (κ2) is 4.75. The lowest BCUT2D eigenvalue weighted by Crippen LogP contribution is -2.06.